The van der Waals surface area contributed by atoms with Crippen molar-refractivity contribution < 1.29 is 4.79 Å². The van der Waals surface area contributed by atoms with Gasteiger partial charge in [-0.2, -0.15) is 11.3 Å². The largest absolute Gasteiger partial charge is 0.359 e. The number of carbonyl (C=O) groups is 1. The average Bonchev–Trinajstić information content (AvgIpc) is 3.30. The third kappa shape index (κ3) is 4.93. The number of halogens is 3. The van der Waals surface area contributed by atoms with Crippen LogP contribution < -0.4 is 5.32 Å². The van der Waals surface area contributed by atoms with E-state index in [0.29, 0.717) is 10.0 Å². The molecule has 1 saturated heterocycles. The molecule has 1 fully saturated rings. The van der Waals surface area contributed by atoms with Crippen molar-refractivity contribution in [3.05, 3.63) is 56.2 Å². The molecule has 2 atom stereocenters. The van der Waals surface area contributed by atoms with Crippen LogP contribution in [0.5, 0.6) is 0 Å². The Balaban J connectivity index is 0.00000243. The zero-order valence-corrected chi connectivity index (χ0v) is 17.7. The van der Waals surface area contributed by atoms with E-state index in [9.17, 15) is 4.79 Å². The summed E-state index contributed by atoms with van der Waals surface area (Å²) in [7, 11) is 1.69. The minimum absolute atomic E-state index is 0. The monoisotopic (exact) mass is 432 g/mol. The predicted molar refractivity (Wildman–Crippen MR) is 113 cm³/mol. The lowest BCUT2D eigenvalue weighted by Gasteiger charge is -2.30. The van der Waals surface area contributed by atoms with Crippen molar-refractivity contribution in [2.45, 2.75) is 24.7 Å². The van der Waals surface area contributed by atoms with Crippen molar-refractivity contribution in [2.24, 2.45) is 0 Å². The lowest BCUT2D eigenvalue weighted by molar-refractivity contribution is -0.122. The summed E-state index contributed by atoms with van der Waals surface area (Å²) >= 11 is 14.0. The molecular formula is C19H23Cl3N2OS. The van der Waals surface area contributed by atoms with E-state index in [0.717, 1.165) is 25.2 Å². The van der Waals surface area contributed by atoms with E-state index in [-0.39, 0.29) is 30.2 Å². The highest BCUT2D eigenvalue weighted by molar-refractivity contribution is 7.08. The first-order valence-corrected chi connectivity index (χ1v) is 10.2. The molecule has 7 heteroatoms. The summed E-state index contributed by atoms with van der Waals surface area (Å²) in [6.07, 6.45) is 2.46. The Bertz CT molecular complexity index is 718. The number of carbonyl (C=O) groups excluding carboxylic acids is 1. The predicted octanol–water partition coefficient (Wildman–Crippen LogP) is 5.19. The molecule has 0 bridgehead atoms. The standard InChI is InChI=1S/C19H22Cl2N2OS.ClH/c1-22-19(24)18(13-4-5-16(20)17(21)10-13)15(14-6-9-25-12-14)11-23-7-2-3-8-23;/h4-6,9-10,12,15,18H,2-3,7-8,11H2,1H3,(H,22,24);1H. The van der Waals surface area contributed by atoms with Gasteiger partial charge >= 0.3 is 0 Å². The van der Waals surface area contributed by atoms with Crippen LogP contribution >= 0.6 is 46.9 Å². The number of rotatable bonds is 6. The molecule has 1 N–H and O–H groups in total. The molecule has 1 aliphatic heterocycles. The third-order valence-corrected chi connectivity index (χ3v) is 6.30. The molecule has 1 aromatic carbocycles. The first-order valence-electron chi connectivity index (χ1n) is 8.51. The van der Waals surface area contributed by atoms with Crippen LogP contribution in [0.2, 0.25) is 10.0 Å². The van der Waals surface area contributed by atoms with Crippen LogP contribution in [0.1, 0.15) is 35.8 Å². The minimum atomic E-state index is -0.296. The second-order valence-corrected chi connectivity index (χ2v) is 8.03. The van der Waals surface area contributed by atoms with Gasteiger partial charge in [0.05, 0.1) is 16.0 Å². The van der Waals surface area contributed by atoms with Gasteiger partial charge in [0, 0.05) is 19.5 Å². The van der Waals surface area contributed by atoms with E-state index >= 15 is 0 Å². The summed E-state index contributed by atoms with van der Waals surface area (Å²) in [4.78, 5) is 15.3. The van der Waals surface area contributed by atoms with E-state index in [4.69, 9.17) is 23.2 Å². The van der Waals surface area contributed by atoms with Crippen molar-refractivity contribution >= 4 is 52.9 Å². The summed E-state index contributed by atoms with van der Waals surface area (Å²) in [5.41, 5.74) is 2.11. The summed E-state index contributed by atoms with van der Waals surface area (Å²) in [6, 6.07) is 7.64. The van der Waals surface area contributed by atoms with Crippen LogP contribution in [-0.2, 0) is 4.79 Å². The number of nitrogens with zero attached hydrogens (tertiary/aromatic N) is 1. The summed E-state index contributed by atoms with van der Waals surface area (Å²) in [5, 5.41) is 8.05. The maximum absolute atomic E-state index is 12.8. The summed E-state index contributed by atoms with van der Waals surface area (Å²) in [5.74, 6) is -0.203. The molecule has 3 nitrogen and oxygen atoms in total. The molecule has 1 amide bonds. The zero-order chi connectivity index (χ0) is 17.8. The smallest absolute Gasteiger partial charge is 0.227 e. The van der Waals surface area contributed by atoms with E-state index in [1.807, 2.05) is 12.1 Å². The van der Waals surface area contributed by atoms with Crippen LogP contribution in [0.25, 0.3) is 0 Å². The molecule has 2 unspecified atom stereocenters. The van der Waals surface area contributed by atoms with E-state index in [1.54, 1.807) is 24.5 Å². The van der Waals surface area contributed by atoms with Crippen LogP contribution in [0, 0.1) is 0 Å². The molecule has 0 saturated carbocycles. The van der Waals surface area contributed by atoms with Crippen molar-refractivity contribution in [3.63, 3.8) is 0 Å². The van der Waals surface area contributed by atoms with Gasteiger partial charge in [-0.05, 0) is 66.0 Å². The van der Waals surface area contributed by atoms with E-state index in [2.05, 4.69) is 27.0 Å². The Hall–Kier alpha value is -0.780. The second kappa shape index (κ2) is 9.95. The number of hydrogen-bond acceptors (Lipinski definition) is 3. The van der Waals surface area contributed by atoms with Crippen molar-refractivity contribution in [2.75, 3.05) is 26.7 Å². The Morgan fingerprint density at radius 3 is 2.50 bits per heavy atom. The van der Waals surface area contributed by atoms with Gasteiger partial charge in [-0.1, -0.05) is 29.3 Å². The highest BCUT2D eigenvalue weighted by atomic mass is 35.5. The minimum Gasteiger partial charge on any atom is -0.359 e. The van der Waals surface area contributed by atoms with Gasteiger partial charge in [-0.15, -0.1) is 12.4 Å². The lowest BCUT2D eigenvalue weighted by Crippen LogP contribution is -2.35. The number of thiophene rings is 1. The molecule has 0 aliphatic carbocycles. The lowest BCUT2D eigenvalue weighted by atomic mass is 9.81. The van der Waals surface area contributed by atoms with Gasteiger partial charge in [0.15, 0.2) is 0 Å². The van der Waals surface area contributed by atoms with Gasteiger partial charge < -0.3 is 10.2 Å². The molecule has 2 heterocycles. The Labute approximate surface area is 175 Å². The fourth-order valence-electron chi connectivity index (χ4n) is 3.56. The highest BCUT2D eigenvalue weighted by Gasteiger charge is 2.33. The maximum atomic E-state index is 12.8. The summed E-state index contributed by atoms with van der Waals surface area (Å²) < 4.78 is 0. The van der Waals surface area contributed by atoms with Gasteiger partial charge in [0.1, 0.15) is 0 Å². The molecule has 1 aromatic heterocycles. The van der Waals surface area contributed by atoms with Gasteiger partial charge in [0.2, 0.25) is 5.91 Å². The molecule has 3 rings (SSSR count). The number of likely N-dealkylation sites (tertiary alicyclic amines) is 1. The van der Waals surface area contributed by atoms with Gasteiger partial charge in [-0.3, -0.25) is 4.79 Å². The first-order chi connectivity index (χ1) is 12.1. The molecule has 0 spiro atoms. The van der Waals surface area contributed by atoms with Crippen LogP contribution in [0.15, 0.2) is 35.0 Å². The topological polar surface area (TPSA) is 32.3 Å². The van der Waals surface area contributed by atoms with Crippen molar-refractivity contribution in [1.82, 2.24) is 10.2 Å². The fourth-order valence-corrected chi connectivity index (χ4v) is 4.59. The SMILES string of the molecule is CNC(=O)C(c1ccc(Cl)c(Cl)c1)C(CN1CCCC1)c1ccsc1.Cl. The van der Waals surface area contributed by atoms with Crippen molar-refractivity contribution in [1.29, 1.82) is 0 Å². The number of likely N-dealkylation sites (N-methyl/N-ethyl adjacent to an activating group) is 1. The molecule has 0 radical (unpaired) electrons. The summed E-state index contributed by atoms with van der Waals surface area (Å²) in [6.45, 7) is 3.07. The first kappa shape index (κ1) is 21.5. The number of amides is 1. The normalized spacial score (nSPS) is 16.7. The number of benzene rings is 1. The molecular weight excluding hydrogens is 411 g/mol. The van der Waals surface area contributed by atoms with Crippen LogP contribution in [0.3, 0.4) is 0 Å². The van der Waals surface area contributed by atoms with E-state index < -0.39 is 0 Å². The van der Waals surface area contributed by atoms with Gasteiger partial charge in [-0.25, -0.2) is 0 Å². The molecule has 2 aromatic rings. The molecule has 26 heavy (non-hydrogen) atoms. The number of hydrogen-bond donors (Lipinski definition) is 1. The Kier molecular flexibility index (Phi) is 8.24. The second-order valence-electron chi connectivity index (χ2n) is 6.44. The quantitative estimate of drug-likeness (QED) is 0.680. The third-order valence-electron chi connectivity index (χ3n) is 4.86. The van der Waals surface area contributed by atoms with Gasteiger partial charge in [0.25, 0.3) is 0 Å². The van der Waals surface area contributed by atoms with E-state index in [1.165, 1.54) is 18.4 Å². The average molecular weight is 434 g/mol. The number of nitrogens with one attached hydrogen (secondary N) is 1. The van der Waals surface area contributed by atoms with Crippen LogP contribution in [0.4, 0.5) is 0 Å². The Morgan fingerprint density at radius 2 is 1.92 bits per heavy atom. The Morgan fingerprint density at radius 1 is 1.19 bits per heavy atom. The van der Waals surface area contributed by atoms with Crippen molar-refractivity contribution in [3.8, 4) is 0 Å². The maximum Gasteiger partial charge on any atom is 0.227 e. The molecule has 1 aliphatic rings. The van der Waals surface area contributed by atoms with Crippen LogP contribution in [-0.4, -0.2) is 37.5 Å². The highest BCUT2D eigenvalue weighted by Crippen LogP contribution is 2.38. The zero-order valence-electron chi connectivity index (χ0n) is 14.6. The molecule has 142 valence electrons. The fraction of sp³-hybridized carbons (Fsp3) is 0.421.